The third kappa shape index (κ3) is 3.78. The molecule has 1 aromatic carbocycles. The minimum Gasteiger partial charge on any atom is -0.461 e. The molecule has 0 aromatic heterocycles. The monoisotopic (exact) mass is 305 g/mol. The molecule has 0 atom stereocenters. The normalized spacial score (nSPS) is 13.8. The van der Waals surface area contributed by atoms with Gasteiger partial charge in [-0.1, -0.05) is 18.2 Å². The molecule has 0 spiro atoms. The Morgan fingerprint density at radius 2 is 1.91 bits per heavy atom. The first kappa shape index (κ1) is 15.9. The predicted octanol–water partition coefficient (Wildman–Crippen LogP) is -0.313. The van der Waals surface area contributed by atoms with Crippen molar-refractivity contribution in [2.24, 2.45) is 0 Å². The van der Waals surface area contributed by atoms with Gasteiger partial charge in [0.2, 0.25) is 0 Å². The minimum absolute atomic E-state index is 0.0630. The SMILES string of the molecule is O=C1C=C(CC(=O)OCc2ccc(CO)cc2CO)C(=O)N1. The molecule has 0 radical (unpaired) electrons. The van der Waals surface area contributed by atoms with E-state index in [1.165, 1.54) is 0 Å². The molecule has 0 bridgehead atoms. The molecule has 1 aliphatic rings. The molecule has 22 heavy (non-hydrogen) atoms. The summed E-state index contributed by atoms with van der Waals surface area (Å²) < 4.78 is 5.04. The highest BCUT2D eigenvalue weighted by atomic mass is 16.5. The zero-order valence-corrected chi connectivity index (χ0v) is 11.7. The molecule has 7 nitrogen and oxygen atoms in total. The number of ether oxygens (including phenoxy) is 1. The zero-order valence-electron chi connectivity index (χ0n) is 11.7. The van der Waals surface area contributed by atoms with E-state index in [9.17, 15) is 19.5 Å². The van der Waals surface area contributed by atoms with Crippen LogP contribution in [0.4, 0.5) is 0 Å². The lowest BCUT2D eigenvalue weighted by Crippen LogP contribution is -2.23. The smallest absolute Gasteiger partial charge is 0.310 e. The Kier molecular flexibility index (Phi) is 5.03. The van der Waals surface area contributed by atoms with Crippen LogP contribution < -0.4 is 5.32 Å². The first-order valence-corrected chi connectivity index (χ1v) is 6.57. The van der Waals surface area contributed by atoms with Crippen molar-refractivity contribution in [3.63, 3.8) is 0 Å². The van der Waals surface area contributed by atoms with Gasteiger partial charge in [-0.15, -0.1) is 0 Å². The van der Waals surface area contributed by atoms with Gasteiger partial charge in [-0.05, 0) is 16.7 Å². The summed E-state index contributed by atoms with van der Waals surface area (Å²) in [7, 11) is 0. The first-order chi connectivity index (χ1) is 10.5. The Labute approximate surface area is 126 Å². The first-order valence-electron chi connectivity index (χ1n) is 6.57. The summed E-state index contributed by atoms with van der Waals surface area (Å²) in [4.78, 5) is 34.0. The summed E-state index contributed by atoms with van der Waals surface area (Å²) in [6, 6.07) is 4.93. The molecule has 116 valence electrons. The van der Waals surface area contributed by atoms with E-state index in [0.29, 0.717) is 16.7 Å². The van der Waals surface area contributed by atoms with Gasteiger partial charge < -0.3 is 14.9 Å². The lowest BCUT2D eigenvalue weighted by Gasteiger charge is -2.10. The molecule has 2 amide bonds. The van der Waals surface area contributed by atoms with E-state index in [2.05, 4.69) is 0 Å². The number of carbonyl (C=O) groups is 3. The third-order valence-electron chi connectivity index (χ3n) is 3.18. The highest BCUT2D eigenvalue weighted by Gasteiger charge is 2.23. The van der Waals surface area contributed by atoms with E-state index in [1.807, 2.05) is 5.32 Å². The molecular formula is C15H15NO6. The molecule has 1 aliphatic heterocycles. The van der Waals surface area contributed by atoms with Gasteiger partial charge in [0.05, 0.1) is 19.6 Å². The number of aliphatic hydroxyl groups is 2. The van der Waals surface area contributed by atoms with Crippen molar-refractivity contribution >= 4 is 17.8 Å². The van der Waals surface area contributed by atoms with Crippen molar-refractivity contribution in [1.29, 1.82) is 0 Å². The van der Waals surface area contributed by atoms with Crippen LogP contribution in [0.3, 0.4) is 0 Å². The second-order valence-corrected chi connectivity index (χ2v) is 4.74. The van der Waals surface area contributed by atoms with Crippen molar-refractivity contribution in [1.82, 2.24) is 5.32 Å². The van der Waals surface area contributed by atoms with E-state index in [1.54, 1.807) is 18.2 Å². The highest BCUT2D eigenvalue weighted by Crippen LogP contribution is 2.15. The lowest BCUT2D eigenvalue weighted by atomic mass is 10.1. The number of hydrogen-bond acceptors (Lipinski definition) is 6. The molecule has 0 fully saturated rings. The van der Waals surface area contributed by atoms with Gasteiger partial charge in [0, 0.05) is 11.6 Å². The third-order valence-corrected chi connectivity index (χ3v) is 3.18. The minimum atomic E-state index is -0.647. The van der Waals surface area contributed by atoms with E-state index < -0.39 is 17.8 Å². The predicted molar refractivity (Wildman–Crippen MR) is 73.9 cm³/mol. The molecular weight excluding hydrogens is 290 g/mol. The molecule has 3 N–H and O–H groups in total. The Bertz CT molecular complexity index is 649. The maximum atomic E-state index is 11.7. The van der Waals surface area contributed by atoms with Gasteiger partial charge in [0.15, 0.2) is 0 Å². The number of nitrogens with one attached hydrogen (secondary N) is 1. The number of hydrogen-bond donors (Lipinski definition) is 3. The highest BCUT2D eigenvalue weighted by molar-refractivity contribution is 6.17. The van der Waals surface area contributed by atoms with Crippen LogP contribution in [0.25, 0.3) is 0 Å². The maximum Gasteiger partial charge on any atom is 0.310 e. The van der Waals surface area contributed by atoms with Crippen molar-refractivity contribution < 1.29 is 29.3 Å². The van der Waals surface area contributed by atoms with Crippen molar-refractivity contribution in [3.05, 3.63) is 46.5 Å². The van der Waals surface area contributed by atoms with Crippen LogP contribution in [0.2, 0.25) is 0 Å². The van der Waals surface area contributed by atoms with E-state index in [4.69, 9.17) is 9.84 Å². The second-order valence-electron chi connectivity index (χ2n) is 4.74. The number of aliphatic hydroxyl groups excluding tert-OH is 2. The van der Waals surface area contributed by atoms with Gasteiger partial charge in [-0.3, -0.25) is 19.7 Å². The molecule has 0 saturated heterocycles. The topological polar surface area (TPSA) is 113 Å². The number of rotatable bonds is 6. The van der Waals surface area contributed by atoms with Crippen LogP contribution >= 0.6 is 0 Å². The van der Waals surface area contributed by atoms with Crippen LogP contribution in [-0.4, -0.2) is 28.0 Å². The van der Waals surface area contributed by atoms with Crippen LogP contribution in [-0.2, 0) is 38.9 Å². The summed E-state index contributed by atoms with van der Waals surface area (Å²) in [5.74, 6) is -1.79. The van der Waals surface area contributed by atoms with Gasteiger partial charge in [0.25, 0.3) is 11.8 Å². The maximum absolute atomic E-state index is 11.7. The molecule has 2 rings (SSSR count). The fourth-order valence-corrected chi connectivity index (χ4v) is 2.01. The van der Waals surface area contributed by atoms with Crippen LogP contribution in [0, 0.1) is 0 Å². The standard InChI is InChI=1S/C15H15NO6/c17-6-9-1-2-10(12(3-9)7-18)8-22-14(20)5-11-4-13(19)16-15(11)21/h1-4,17-18H,5-8H2,(H,16,19,21). The fourth-order valence-electron chi connectivity index (χ4n) is 2.01. The van der Waals surface area contributed by atoms with E-state index in [0.717, 1.165) is 6.08 Å². The van der Waals surface area contributed by atoms with Crippen molar-refractivity contribution in [2.75, 3.05) is 0 Å². The number of amides is 2. The number of benzene rings is 1. The Balaban J connectivity index is 1.95. The van der Waals surface area contributed by atoms with E-state index in [-0.39, 0.29) is 31.8 Å². The summed E-state index contributed by atoms with van der Waals surface area (Å²) in [6.45, 7) is -0.462. The molecule has 1 heterocycles. The van der Waals surface area contributed by atoms with Gasteiger partial charge in [0.1, 0.15) is 6.61 Å². The number of carbonyl (C=O) groups excluding carboxylic acids is 3. The Morgan fingerprint density at radius 1 is 1.14 bits per heavy atom. The molecule has 7 heteroatoms. The summed E-state index contributed by atoms with van der Waals surface area (Å²) in [5, 5.41) is 20.4. The van der Waals surface area contributed by atoms with Crippen LogP contribution in [0.1, 0.15) is 23.1 Å². The number of esters is 1. The molecule has 1 aromatic rings. The zero-order chi connectivity index (χ0) is 16.1. The molecule has 0 saturated carbocycles. The summed E-state index contributed by atoms with van der Waals surface area (Å²) >= 11 is 0. The van der Waals surface area contributed by atoms with Gasteiger partial charge in [-0.2, -0.15) is 0 Å². The van der Waals surface area contributed by atoms with Crippen LogP contribution in [0.15, 0.2) is 29.8 Å². The second kappa shape index (κ2) is 6.97. The van der Waals surface area contributed by atoms with Crippen molar-refractivity contribution in [3.8, 4) is 0 Å². The summed E-state index contributed by atoms with van der Waals surface area (Å²) in [5.41, 5.74) is 1.86. The average molecular weight is 305 g/mol. The van der Waals surface area contributed by atoms with Gasteiger partial charge >= 0.3 is 5.97 Å². The summed E-state index contributed by atoms with van der Waals surface area (Å²) in [6.07, 6.45) is 0.777. The quantitative estimate of drug-likeness (QED) is 0.491. The average Bonchev–Trinajstić information content (AvgIpc) is 2.82. The van der Waals surface area contributed by atoms with E-state index >= 15 is 0 Å². The fraction of sp³-hybridized carbons (Fsp3) is 0.267. The lowest BCUT2D eigenvalue weighted by molar-refractivity contribution is -0.144. The molecule has 0 unspecified atom stereocenters. The van der Waals surface area contributed by atoms with Crippen LogP contribution in [0.5, 0.6) is 0 Å². The molecule has 0 aliphatic carbocycles. The van der Waals surface area contributed by atoms with Gasteiger partial charge in [-0.25, -0.2) is 0 Å². The number of imide groups is 1. The largest absolute Gasteiger partial charge is 0.461 e. The Hall–Kier alpha value is -2.51. The van der Waals surface area contributed by atoms with Crippen molar-refractivity contribution in [2.45, 2.75) is 26.2 Å². The Morgan fingerprint density at radius 3 is 2.50 bits per heavy atom.